The van der Waals surface area contributed by atoms with Gasteiger partial charge in [0.15, 0.2) is 19.5 Å². The first-order valence-electron chi connectivity index (χ1n) is 9.02. The molecule has 156 valence electrons. The zero-order valence-electron chi connectivity index (χ0n) is 16.1. The number of hydrogen-bond donors (Lipinski definition) is 2. The van der Waals surface area contributed by atoms with Crippen LogP contribution in [-0.4, -0.2) is 51.1 Å². The Kier molecular flexibility index (Phi) is 8.45. The molecule has 0 amide bonds. The minimum Gasteiger partial charge on any atom is -0.370 e. The summed E-state index contributed by atoms with van der Waals surface area (Å²) in [6, 6.07) is 9.96. The Morgan fingerprint density at radius 3 is 2.86 bits per heavy atom. The molecule has 0 aliphatic carbocycles. The average molecular weight is 437 g/mol. The number of benzene rings is 1. The zero-order chi connectivity index (χ0) is 20.5. The first-order chi connectivity index (χ1) is 14.2. The van der Waals surface area contributed by atoms with Gasteiger partial charge in [0.25, 0.3) is 5.56 Å². The number of hydrogen-bond acceptors (Lipinski definition) is 8. The molecule has 29 heavy (non-hydrogen) atoms. The van der Waals surface area contributed by atoms with Gasteiger partial charge in [-0.25, -0.2) is 4.98 Å². The standard InChI is InChI=1S/C18H24N5O4PS/c1-29-10-9-26-28(27-11-14-5-3-2-4-6-14)13-25-8-7-23-12-20-15-16(23)21-18(19)22-17(15)24/h2-6,12H,7-11,13H2,1H3,(H3,19,21,22,24). The molecule has 0 fully saturated rings. The van der Waals surface area contributed by atoms with Gasteiger partial charge in [-0.2, -0.15) is 16.7 Å². The van der Waals surface area contributed by atoms with Crippen molar-refractivity contribution in [2.75, 3.05) is 37.3 Å². The maximum atomic E-state index is 11.8. The molecule has 11 heteroatoms. The van der Waals surface area contributed by atoms with Crippen LogP contribution in [-0.2, 0) is 26.9 Å². The second kappa shape index (κ2) is 11.3. The van der Waals surface area contributed by atoms with Gasteiger partial charge in [-0.05, 0) is 11.8 Å². The van der Waals surface area contributed by atoms with E-state index >= 15 is 0 Å². The van der Waals surface area contributed by atoms with E-state index in [9.17, 15) is 4.79 Å². The number of nitrogen functional groups attached to an aromatic ring is 1. The summed E-state index contributed by atoms with van der Waals surface area (Å²) in [6.45, 7) is 1.98. The average Bonchev–Trinajstić information content (AvgIpc) is 3.13. The molecule has 1 aromatic carbocycles. The fraction of sp³-hybridized carbons (Fsp3) is 0.389. The molecule has 1 unspecified atom stereocenters. The van der Waals surface area contributed by atoms with Gasteiger partial charge in [-0.15, -0.1) is 0 Å². The lowest BCUT2D eigenvalue weighted by atomic mass is 10.2. The molecule has 2 heterocycles. The van der Waals surface area contributed by atoms with Gasteiger partial charge >= 0.3 is 0 Å². The number of ether oxygens (including phenoxy) is 1. The Labute approximate surface area is 173 Å². The summed E-state index contributed by atoms with van der Waals surface area (Å²) in [7, 11) is -1.16. The highest BCUT2D eigenvalue weighted by atomic mass is 32.2. The van der Waals surface area contributed by atoms with Crippen molar-refractivity contribution in [2.45, 2.75) is 13.2 Å². The number of rotatable bonds is 12. The van der Waals surface area contributed by atoms with Gasteiger partial charge in [-0.3, -0.25) is 9.78 Å². The second-order valence-electron chi connectivity index (χ2n) is 6.02. The highest BCUT2D eigenvalue weighted by Gasteiger charge is 2.13. The molecule has 3 N–H and O–H groups in total. The molecule has 0 spiro atoms. The minimum absolute atomic E-state index is 0.0604. The number of anilines is 1. The molecule has 1 atom stereocenters. The summed E-state index contributed by atoms with van der Waals surface area (Å²) in [4.78, 5) is 22.5. The molecule has 0 bridgehead atoms. The summed E-state index contributed by atoms with van der Waals surface area (Å²) in [5.41, 5.74) is 7.05. The molecule has 0 aliphatic rings. The van der Waals surface area contributed by atoms with Crippen molar-refractivity contribution in [1.29, 1.82) is 0 Å². The van der Waals surface area contributed by atoms with Crippen LogP contribution in [0.25, 0.3) is 11.2 Å². The van der Waals surface area contributed by atoms with E-state index < -0.39 is 8.38 Å². The highest BCUT2D eigenvalue weighted by Crippen LogP contribution is 2.39. The monoisotopic (exact) mass is 437 g/mol. The fourth-order valence-corrected chi connectivity index (χ4v) is 3.95. The summed E-state index contributed by atoms with van der Waals surface area (Å²) >= 11 is 1.72. The van der Waals surface area contributed by atoms with Gasteiger partial charge in [-0.1, -0.05) is 30.3 Å². The van der Waals surface area contributed by atoms with Gasteiger partial charge in [0.05, 0.1) is 26.1 Å². The van der Waals surface area contributed by atoms with Crippen LogP contribution in [0.5, 0.6) is 0 Å². The van der Waals surface area contributed by atoms with Crippen LogP contribution in [0.4, 0.5) is 5.95 Å². The largest absolute Gasteiger partial charge is 0.370 e. The van der Waals surface area contributed by atoms with E-state index in [0.29, 0.717) is 38.4 Å². The molecule has 3 rings (SSSR count). The lowest BCUT2D eigenvalue weighted by Crippen LogP contribution is -2.13. The van der Waals surface area contributed by atoms with Crippen LogP contribution < -0.4 is 11.3 Å². The smallest absolute Gasteiger partial charge is 0.280 e. The van der Waals surface area contributed by atoms with Crippen molar-refractivity contribution in [3.8, 4) is 0 Å². The number of imidazole rings is 1. The molecule has 0 saturated heterocycles. The van der Waals surface area contributed by atoms with Gasteiger partial charge in [0.1, 0.15) is 6.35 Å². The number of nitrogens with two attached hydrogens (primary N) is 1. The van der Waals surface area contributed by atoms with Crippen molar-refractivity contribution < 1.29 is 13.8 Å². The quantitative estimate of drug-likeness (QED) is 0.328. The zero-order valence-corrected chi connectivity index (χ0v) is 17.8. The highest BCUT2D eigenvalue weighted by molar-refractivity contribution is 7.98. The fourth-order valence-electron chi connectivity index (χ4n) is 2.49. The van der Waals surface area contributed by atoms with Crippen molar-refractivity contribution in [3.63, 3.8) is 0 Å². The van der Waals surface area contributed by atoms with Crippen LogP contribution in [0.3, 0.4) is 0 Å². The Morgan fingerprint density at radius 2 is 2.07 bits per heavy atom. The van der Waals surface area contributed by atoms with E-state index in [1.54, 1.807) is 22.7 Å². The Balaban J connectivity index is 1.50. The molecular weight excluding hydrogens is 413 g/mol. The minimum atomic E-state index is -1.16. The van der Waals surface area contributed by atoms with Crippen LogP contribution in [0.1, 0.15) is 5.56 Å². The number of thioether (sulfide) groups is 1. The third-order valence-corrected chi connectivity index (χ3v) is 5.76. The first kappa shape index (κ1) is 21.7. The van der Waals surface area contributed by atoms with Crippen molar-refractivity contribution >= 4 is 37.2 Å². The van der Waals surface area contributed by atoms with Crippen LogP contribution in [0, 0.1) is 0 Å². The normalized spacial score (nSPS) is 12.4. The lowest BCUT2D eigenvalue weighted by molar-refractivity contribution is 0.142. The molecule has 9 nitrogen and oxygen atoms in total. The number of aromatic amines is 1. The number of aromatic nitrogens is 4. The van der Waals surface area contributed by atoms with Crippen LogP contribution >= 0.6 is 20.1 Å². The number of H-pyrrole nitrogens is 1. The predicted octanol–water partition coefficient (Wildman–Crippen LogP) is 2.58. The SMILES string of the molecule is CSCCOP(COCCn1cnc2c(=O)[nH]c(N)nc21)OCc1ccccc1. The Morgan fingerprint density at radius 1 is 1.24 bits per heavy atom. The maximum Gasteiger partial charge on any atom is 0.280 e. The maximum absolute atomic E-state index is 11.8. The van der Waals surface area contributed by atoms with Gasteiger partial charge in [0, 0.05) is 12.3 Å². The number of fused-ring (bicyclic) bond motifs is 1. The van der Waals surface area contributed by atoms with E-state index in [1.165, 1.54) is 0 Å². The van der Waals surface area contributed by atoms with E-state index in [1.807, 2.05) is 36.6 Å². The van der Waals surface area contributed by atoms with Gasteiger partial charge < -0.3 is 24.1 Å². The Bertz CT molecular complexity index is 952. The summed E-state index contributed by atoms with van der Waals surface area (Å²) in [6.07, 6.45) is 3.95. The van der Waals surface area contributed by atoms with Crippen molar-refractivity contribution in [3.05, 3.63) is 52.6 Å². The summed E-state index contributed by atoms with van der Waals surface area (Å²) < 4.78 is 19.3. The van der Waals surface area contributed by atoms with Crippen molar-refractivity contribution in [2.24, 2.45) is 0 Å². The molecule has 0 aliphatic heterocycles. The van der Waals surface area contributed by atoms with Crippen LogP contribution in [0.2, 0.25) is 0 Å². The molecule has 2 aromatic heterocycles. The number of nitrogens with zero attached hydrogens (tertiary/aromatic N) is 3. The predicted molar refractivity (Wildman–Crippen MR) is 116 cm³/mol. The molecule has 3 aromatic rings. The Hall–Kier alpha value is -1.97. The van der Waals surface area contributed by atoms with E-state index in [0.717, 1.165) is 11.3 Å². The second-order valence-corrected chi connectivity index (χ2v) is 8.44. The van der Waals surface area contributed by atoms with E-state index in [2.05, 4.69) is 15.0 Å². The summed E-state index contributed by atoms with van der Waals surface area (Å²) in [5.74, 6) is 0.959. The molecule has 0 radical (unpaired) electrons. The van der Waals surface area contributed by atoms with E-state index in [-0.39, 0.29) is 17.0 Å². The van der Waals surface area contributed by atoms with Crippen molar-refractivity contribution in [1.82, 2.24) is 19.5 Å². The topological polar surface area (TPSA) is 117 Å². The molecular formula is C18H24N5O4PS. The summed E-state index contributed by atoms with van der Waals surface area (Å²) in [5, 5.41) is 0. The third-order valence-electron chi connectivity index (χ3n) is 3.91. The molecule has 0 saturated carbocycles. The van der Waals surface area contributed by atoms with E-state index in [4.69, 9.17) is 19.5 Å². The number of nitrogens with one attached hydrogen (secondary N) is 1. The van der Waals surface area contributed by atoms with Crippen LogP contribution in [0.15, 0.2) is 41.5 Å². The lowest BCUT2D eigenvalue weighted by Gasteiger charge is -2.17. The third kappa shape index (κ3) is 6.52. The first-order valence-corrected chi connectivity index (χ1v) is 11.8. The van der Waals surface area contributed by atoms with Gasteiger partial charge in [0.2, 0.25) is 5.95 Å².